The van der Waals surface area contributed by atoms with Gasteiger partial charge in [-0.05, 0) is 37.3 Å². The zero-order valence-electron chi connectivity index (χ0n) is 14.2. The second-order valence-corrected chi connectivity index (χ2v) is 6.95. The molecule has 8 heteroatoms. The fourth-order valence-corrected chi connectivity index (χ4v) is 3.57. The van der Waals surface area contributed by atoms with Crippen molar-refractivity contribution in [3.05, 3.63) is 53.2 Å². The van der Waals surface area contributed by atoms with E-state index in [0.29, 0.717) is 27.3 Å². The number of benzene rings is 2. The van der Waals surface area contributed by atoms with Crippen LogP contribution in [0.25, 0.3) is 10.1 Å². The van der Waals surface area contributed by atoms with Crippen LogP contribution in [0.5, 0.6) is 11.5 Å². The average Bonchev–Trinajstić information content (AvgIpc) is 3.28. The van der Waals surface area contributed by atoms with Gasteiger partial charge in [-0.15, -0.1) is 11.3 Å². The topological polar surface area (TPSA) is 73.9 Å². The van der Waals surface area contributed by atoms with Gasteiger partial charge >= 0.3 is 5.97 Å². The summed E-state index contributed by atoms with van der Waals surface area (Å²) in [6.45, 7) is 1.60. The Morgan fingerprint density at radius 2 is 2.00 bits per heavy atom. The van der Waals surface area contributed by atoms with Crippen molar-refractivity contribution < 1.29 is 28.2 Å². The number of rotatable bonds is 4. The van der Waals surface area contributed by atoms with Gasteiger partial charge in [0.2, 0.25) is 6.79 Å². The Morgan fingerprint density at radius 3 is 2.81 bits per heavy atom. The number of hydrogen-bond donors (Lipinski definition) is 1. The summed E-state index contributed by atoms with van der Waals surface area (Å²) in [5.74, 6) is -0.441. The third kappa shape index (κ3) is 3.43. The lowest BCUT2D eigenvalue weighted by Crippen LogP contribution is -2.29. The number of carbonyl (C=O) groups excluding carboxylic acids is 2. The number of esters is 1. The zero-order valence-corrected chi connectivity index (χ0v) is 15.0. The molecule has 2 aromatic carbocycles. The van der Waals surface area contributed by atoms with Gasteiger partial charge in [-0.3, -0.25) is 4.79 Å². The number of anilines is 1. The number of thiophene rings is 1. The van der Waals surface area contributed by atoms with E-state index in [4.69, 9.17) is 14.2 Å². The monoisotopic (exact) mass is 387 g/mol. The van der Waals surface area contributed by atoms with Crippen molar-refractivity contribution in [2.75, 3.05) is 12.1 Å². The maximum absolute atomic E-state index is 13.8. The van der Waals surface area contributed by atoms with E-state index in [1.165, 1.54) is 19.1 Å². The molecule has 0 aliphatic carbocycles. The van der Waals surface area contributed by atoms with Gasteiger partial charge in [-0.2, -0.15) is 0 Å². The SMILES string of the molecule is CC(OC(=O)c1cc2c(F)cccc2s1)C(=O)Nc1ccc2c(c1)OCO2. The van der Waals surface area contributed by atoms with Crippen molar-refractivity contribution in [2.24, 2.45) is 0 Å². The van der Waals surface area contributed by atoms with Crippen LogP contribution in [0, 0.1) is 5.82 Å². The van der Waals surface area contributed by atoms with E-state index in [-0.39, 0.29) is 11.7 Å². The molecule has 1 N–H and O–H groups in total. The van der Waals surface area contributed by atoms with Crippen LogP contribution in [0.2, 0.25) is 0 Å². The van der Waals surface area contributed by atoms with Crippen molar-refractivity contribution in [3.8, 4) is 11.5 Å². The highest BCUT2D eigenvalue weighted by Gasteiger charge is 2.22. The first kappa shape index (κ1) is 17.3. The molecule has 1 aliphatic rings. The Kier molecular flexibility index (Phi) is 4.41. The van der Waals surface area contributed by atoms with Crippen LogP contribution in [-0.2, 0) is 9.53 Å². The summed E-state index contributed by atoms with van der Waals surface area (Å²) in [5, 5.41) is 3.01. The first-order valence-corrected chi connectivity index (χ1v) is 8.92. The fraction of sp³-hybridized carbons (Fsp3) is 0.158. The molecule has 3 aromatic rings. The van der Waals surface area contributed by atoms with E-state index in [0.717, 1.165) is 11.3 Å². The molecule has 27 heavy (non-hydrogen) atoms. The van der Waals surface area contributed by atoms with Crippen LogP contribution in [0.3, 0.4) is 0 Å². The van der Waals surface area contributed by atoms with E-state index in [1.54, 1.807) is 30.3 Å². The Balaban J connectivity index is 1.42. The minimum absolute atomic E-state index is 0.135. The predicted octanol–water partition coefficient (Wildman–Crippen LogP) is 3.95. The maximum atomic E-state index is 13.8. The molecule has 2 heterocycles. The van der Waals surface area contributed by atoms with Crippen LogP contribution in [0.4, 0.5) is 10.1 Å². The van der Waals surface area contributed by atoms with Crippen molar-refractivity contribution in [1.82, 2.24) is 0 Å². The Labute approximate surface area is 157 Å². The van der Waals surface area contributed by atoms with Crippen molar-refractivity contribution in [1.29, 1.82) is 0 Å². The summed E-state index contributed by atoms with van der Waals surface area (Å²) in [6, 6.07) is 11.0. The molecule has 0 radical (unpaired) electrons. The lowest BCUT2D eigenvalue weighted by Gasteiger charge is -2.13. The second kappa shape index (κ2) is 6.88. The van der Waals surface area contributed by atoms with Crippen LogP contribution in [0.1, 0.15) is 16.6 Å². The van der Waals surface area contributed by atoms with E-state index < -0.39 is 23.8 Å². The zero-order chi connectivity index (χ0) is 19.0. The third-order valence-corrected chi connectivity index (χ3v) is 5.08. The molecule has 1 aliphatic heterocycles. The largest absolute Gasteiger partial charge is 0.454 e. The molecule has 1 atom stereocenters. The standard InChI is InChI=1S/C19H14FNO5S/c1-10(18(22)21-11-5-6-14-15(7-11)25-9-24-14)26-19(23)17-8-12-13(20)3-2-4-16(12)27-17/h2-8,10H,9H2,1H3,(H,21,22). The summed E-state index contributed by atoms with van der Waals surface area (Å²) in [6.07, 6.45) is -1.03. The van der Waals surface area contributed by atoms with Gasteiger partial charge in [0.15, 0.2) is 17.6 Å². The Hall–Kier alpha value is -3.13. The molecule has 138 valence electrons. The van der Waals surface area contributed by atoms with Crippen molar-refractivity contribution in [3.63, 3.8) is 0 Å². The van der Waals surface area contributed by atoms with Gasteiger partial charge < -0.3 is 19.5 Å². The number of amides is 1. The Bertz CT molecular complexity index is 1050. The van der Waals surface area contributed by atoms with Crippen LogP contribution >= 0.6 is 11.3 Å². The average molecular weight is 387 g/mol. The molecule has 0 saturated carbocycles. The minimum Gasteiger partial charge on any atom is -0.454 e. The molecule has 1 unspecified atom stereocenters. The fourth-order valence-electron chi connectivity index (χ4n) is 2.62. The molecule has 0 saturated heterocycles. The second-order valence-electron chi connectivity index (χ2n) is 5.87. The molecular weight excluding hydrogens is 373 g/mol. The van der Waals surface area contributed by atoms with Crippen LogP contribution < -0.4 is 14.8 Å². The first-order chi connectivity index (χ1) is 13.0. The number of nitrogens with one attached hydrogen (secondary N) is 1. The number of halogens is 1. The molecular formula is C19H14FNO5S. The Morgan fingerprint density at radius 1 is 1.19 bits per heavy atom. The van der Waals surface area contributed by atoms with E-state index in [9.17, 15) is 14.0 Å². The highest BCUT2D eigenvalue weighted by atomic mass is 32.1. The van der Waals surface area contributed by atoms with Gasteiger partial charge in [-0.1, -0.05) is 6.07 Å². The van der Waals surface area contributed by atoms with E-state index in [1.807, 2.05) is 0 Å². The van der Waals surface area contributed by atoms with Gasteiger partial charge in [-0.25, -0.2) is 9.18 Å². The van der Waals surface area contributed by atoms with Gasteiger partial charge in [0.1, 0.15) is 10.7 Å². The van der Waals surface area contributed by atoms with Gasteiger partial charge in [0.25, 0.3) is 5.91 Å². The maximum Gasteiger partial charge on any atom is 0.349 e. The summed E-state index contributed by atoms with van der Waals surface area (Å²) < 4.78 is 30.1. The van der Waals surface area contributed by atoms with Crippen LogP contribution in [-0.4, -0.2) is 24.8 Å². The number of ether oxygens (including phenoxy) is 3. The molecule has 0 fully saturated rings. The molecule has 0 bridgehead atoms. The highest BCUT2D eigenvalue weighted by molar-refractivity contribution is 7.20. The minimum atomic E-state index is -1.03. The molecule has 1 aromatic heterocycles. The summed E-state index contributed by atoms with van der Waals surface area (Å²) >= 11 is 1.11. The first-order valence-electron chi connectivity index (χ1n) is 8.11. The highest BCUT2D eigenvalue weighted by Crippen LogP contribution is 2.34. The van der Waals surface area contributed by atoms with E-state index in [2.05, 4.69) is 5.32 Å². The molecule has 0 spiro atoms. The summed E-state index contributed by atoms with van der Waals surface area (Å²) in [5.41, 5.74) is 0.496. The smallest absolute Gasteiger partial charge is 0.349 e. The predicted molar refractivity (Wildman–Crippen MR) is 97.9 cm³/mol. The van der Waals surface area contributed by atoms with Crippen molar-refractivity contribution >= 4 is 39.0 Å². The molecule has 4 rings (SSSR count). The number of hydrogen-bond acceptors (Lipinski definition) is 6. The third-order valence-electron chi connectivity index (χ3n) is 4.00. The van der Waals surface area contributed by atoms with Crippen LogP contribution in [0.15, 0.2) is 42.5 Å². The van der Waals surface area contributed by atoms with Gasteiger partial charge in [0.05, 0.1) is 0 Å². The summed E-state index contributed by atoms with van der Waals surface area (Å²) in [7, 11) is 0. The quantitative estimate of drug-likeness (QED) is 0.686. The van der Waals surface area contributed by atoms with Gasteiger partial charge in [0, 0.05) is 21.8 Å². The summed E-state index contributed by atoms with van der Waals surface area (Å²) in [4.78, 5) is 24.8. The van der Waals surface area contributed by atoms with Crippen molar-refractivity contribution in [2.45, 2.75) is 13.0 Å². The number of carbonyl (C=O) groups is 2. The number of fused-ring (bicyclic) bond motifs is 2. The lowest BCUT2D eigenvalue weighted by molar-refractivity contribution is -0.123. The molecule has 1 amide bonds. The van der Waals surface area contributed by atoms with E-state index >= 15 is 0 Å². The molecule has 6 nitrogen and oxygen atoms in total. The lowest BCUT2D eigenvalue weighted by atomic mass is 10.2. The normalized spacial score (nSPS) is 13.4.